The highest BCUT2D eigenvalue weighted by molar-refractivity contribution is 7.99. The van der Waals surface area contributed by atoms with Crippen LogP contribution in [0.1, 0.15) is 32.1 Å². The molecular formula is C13H26N4S. The molecule has 0 amide bonds. The Hall–Kier alpha value is -0.420. The maximum Gasteiger partial charge on any atom is 0.188 e. The minimum atomic E-state index is 0.564. The lowest BCUT2D eigenvalue weighted by Crippen LogP contribution is -2.41. The first-order chi connectivity index (χ1) is 8.84. The van der Waals surface area contributed by atoms with Crippen LogP contribution in [0.3, 0.4) is 0 Å². The summed E-state index contributed by atoms with van der Waals surface area (Å²) in [6, 6.07) is 0.564. The molecule has 1 saturated heterocycles. The second-order valence-corrected chi connectivity index (χ2v) is 6.42. The zero-order valence-electron chi connectivity index (χ0n) is 11.2. The van der Waals surface area contributed by atoms with Crippen LogP contribution in [-0.2, 0) is 0 Å². The fourth-order valence-electron chi connectivity index (χ4n) is 2.64. The molecule has 2 rings (SSSR count). The topological polar surface area (TPSA) is 53.6 Å². The van der Waals surface area contributed by atoms with E-state index >= 15 is 0 Å². The van der Waals surface area contributed by atoms with Crippen LogP contribution in [0.15, 0.2) is 4.99 Å². The minimum absolute atomic E-state index is 0.564. The summed E-state index contributed by atoms with van der Waals surface area (Å²) in [4.78, 5) is 6.93. The van der Waals surface area contributed by atoms with Gasteiger partial charge in [0.05, 0.1) is 6.54 Å². The first kappa shape index (κ1) is 14.0. The van der Waals surface area contributed by atoms with Gasteiger partial charge in [0.25, 0.3) is 0 Å². The van der Waals surface area contributed by atoms with Crippen LogP contribution in [0.25, 0.3) is 0 Å². The van der Waals surface area contributed by atoms with Gasteiger partial charge in [-0.2, -0.15) is 11.8 Å². The molecule has 3 N–H and O–H groups in total. The van der Waals surface area contributed by atoms with E-state index in [2.05, 4.69) is 15.2 Å². The van der Waals surface area contributed by atoms with Crippen LogP contribution in [0.4, 0.5) is 0 Å². The van der Waals surface area contributed by atoms with Crippen molar-refractivity contribution in [3.63, 3.8) is 0 Å². The Kier molecular flexibility index (Phi) is 6.14. The summed E-state index contributed by atoms with van der Waals surface area (Å²) in [6.07, 6.45) is 6.54. The van der Waals surface area contributed by atoms with E-state index in [9.17, 15) is 0 Å². The lowest BCUT2D eigenvalue weighted by molar-refractivity contribution is 0.311. The van der Waals surface area contributed by atoms with Crippen molar-refractivity contribution in [1.29, 1.82) is 0 Å². The van der Waals surface area contributed by atoms with E-state index in [0.29, 0.717) is 12.0 Å². The molecule has 2 fully saturated rings. The summed E-state index contributed by atoms with van der Waals surface area (Å²) < 4.78 is 0. The van der Waals surface area contributed by atoms with Crippen LogP contribution < -0.4 is 11.1 Å². The van der Waals surface area contributed by atoms with Gasteiger partial charge < -0.3 is 11.1 Å². The molecule has 5 heteroatoms. The molecule has 18 heavy (non-hydrogen) atoms. The van der Waals surface area contributed by atoms with Crippen molar-refractivity contribution in [2.24, 2.45) is 10.7 Å². The van der Waals surface area contributed by atoms with Gasteiger partial charge in [0.15, 0.2) is 5.96 Å². The Morgan fingerprint density at radius 3 is 2.67 bits per heavy atom. The minimum Gasteiger partial charge on any atom is -0.370 e. The molecule has 2 aliphatic rings. The molecule has 1 heterocycles. The largest absolute Gasteiger partial charge is 0.370 e. The van der Waals surface area contributed by atoms with Crippen molar-refractivity contribution in [2.45, 2.75) is 38.1 Å². The maximum atomic E-state index is 5.94. The zero-order valence-corrected chi connectivity index (χ0v) is 12.1. The van der Waals surface area contributed by atoms with Gasteiger partial charge in [0, 0.05) is 37.2 Å². The number of aliphatic imine (C=N–C) groups is 1. The van der Waals surface area contributed by atoms with Gasteiger partial charge in [0.1, 0.15) is 0 Å². The quantitative estimate of drug-likeness (QED) is 0.597. The molecule has 0 atom stereocenters. The molecule has 104 valence electrons. The average Bonchev–Trinajstić information content (AvgIpc) is 2.41. The first-order valence-electron chi connectivity index (χ1n) is 7.21. The lowest BCUT2D eigenvalue weighted by Gasteiger charge is -2.25. The van der Waals surface area contributed by atoms with Crippen LogP contribution in [0, 0.1) is 0 Å². The Labute approximate surface area is 115 Å². The predicted octanol–water partition coefficient (Wildman–Crippen LogP) is 1.27. The molecule has 0 aromatic heterocycles. The molecule has 1 aliphatic carbocycles. The Balaban J connectivity index is 1.61. The van der Waals surface area contributed by atoms with Gasteiger partial charge in [-0.15, -0.1) is 0 Å². The van der Waals surface area contributed by atoms with Crippen LogP contribution >= 0.6 is 11.8 Å². The van der Waals surface area contributed by atoms with E-state index in [-0.39, 0.29) is 0 Å². The lowest BCUT2D eigenvalue weighted by atomic mass is 9.96. The van der Waals surface area contributed by atoms with Gasteiger partial charge in [0.2, 0.25) is 0 Å². The van der Waals surface area contributed by atoms with Gasteiger partial charge in [-0.3, -0.25) is 9.89 Å². The highest BCUT2D eigenvalue weighted by Gasteiger charge is 2.13. The summed E-state index contributed by atoms with van der Waals surface area (Å²) in [6.45, 7) is 4.29. The highest BCUT2D eigenvalue weighted by atomic mass is 32.2. The standard InChI is InChI=1S/C13H26N4S/c14-13(16-12-4-2-1-3-5-12)15-6-7-17-8-10-18-11-9-17/h12H,1-11H2,(H3,14,15,16). The first-order valence-corrected chi connectivity index (χ1v) is 8.36. The maximum absolute atomic E-state index is 5.94. The van der Waals surface area contributed by atoms with Crippen molar-refractivity contribution in [3.8, 4) is 0 Å². The van der Waals surface area contributed by atoms with E-state index in [1.165, 1.54) is 56.7 Å². The number of nitrogens with two attached hydrogens (primary N) is 1. The molecule has 1 saturated carbocycles. The van der Waals surface area contributed by atoms with Crippen LogP contribution in [-0.4, -0.2) is 54.6 Å². The molecular weight excluding hydrogens is 244 g/mol. The molecule has 0 aromatic carbocycles. The predicted molar refractivity (Wildman–Crippen MR) is 80.3 cm³/mol. The molecule has 0 unspecified atom stereocenters. The van der Waals surface area contributed by atoms with Gasteiger partial charge in [-0.25, -0.2) is 0 Å². The number of thioether (sulfide) groups is 1. The van der Waals surface area contributed by atoms with Crippen molar-refractivity contribution in [2.75, 3.05) is 37.7 Å². The van der Waals surface area contributed by atoms with Crippen molar-refractivity contribution in [1.82, 2.24) is 10.2 Å². The second-order valence-electron chi connectivity index (χ2n) is 5.20. The third-order valence-corrected chi connectivity index (χ3v) is 4.70. The Morgan fingerprint density at radius 2 is 1.94 bits per heavy atom. The van der Waals surface area contributed by atoms with Crippen LogP contribution in [0.2, 0.25) is 0 Å². The van der Waals surface area contributed by atoms with E-state index in [1.54, 1.807) is 0 Å². The molecule has 0 spiro atoms. The summed E-state index contributed by atoms with van der Waals surface area (Å²) in [5, 5.41) is 3.36. The Morgan fingerprint density at radius 1 is 1.22 bits per heavy atom. The zero-order chi connectivity index (χ0) is 12.6. The number of nitrogens with zero attached hydrogens (tertiary/aromatic N) is 2. The van der Waals surface area contributed by atoms with Crippen LogP contribution in [0.5, 0.6) is 0 Å². The summed E-state index contributed by atoms with van der Waals surface area (Å²) in [5.74, 6) is 3.17. The summed E-state index contributed by atoms with van der Waals surface area (Å²) in [7, 11) is 0. The number of hydrogen-bond acceptors (Lipinski definition) is 3. The number of hydrogen-bond donors (Lipinski definition) is 2. The van der Waals surface area contributed by atoms with Crippen molar-refractivity contribution in [3.05, 3.63) is 0 Å². The van der Waals surface area contributed by atoms with E-state index < -0.39 is 0 Å². The fourth-order valence-corrected chi connectivity index (χ4v) is 3.62. The third-order valence-electron chi connectivity index (χ3n) is 3.76. The monoisotopic (exact) mass is 270 g/mol. The van der Waals surface area contributed by atoms with Crippen molar-refractivity contribution < 1.29 is 0 Å². The number of guanidine groups is 1. The van der Waals surface area contributed by atoms with Gasteiger partial charge in [-0.1, -0.05) is 19.3 Å². The van der Waals surface area contributed by atoms with Gasteiger partial charge >= 0.3 is 0 Å². The number of rotatable bonds is 4. The molecule has 4 nitrogen and oxygen atoms in total. The third kappa shape index (κ3) is 5.06. The molecule has 1 aliphatic heterocycles. The molecule has 0 radical (unpaired) electrons. The SMILES string of the molecule is NC(=NCCN1CCSCC1)NC1CCCCC1. The summed E-state index contributed by atoms with van der Waals surface area (Å²) >= 11 is 2.05. The van der Waals surface area contributed by atoms with Crippen molar-refractivity contribution >= 4 is 17.7 Å². The highest BCUT2D eigenvalue weighted by Crippen LogP contribution is 2.17. The van der Waals surface area contributed by atoms with Gasteiger partial charge in [-0.05, 0) is 12.8 Å². The fraction of sp³-hybridized carbons (Fsp3) is 0.923. The van der Waals surface area contributed by atoms with E-state index in [4.69, 9.17) is 5.73 Å². The smallest absolute Gasteiger partial charge is 0.188 e. The molecule has 0 aromatic rings. The number of nitrogens with one attached hydrogen (secondary N) is 1. The average molecular weight is 270 g/mol. The normalized spacial score (nSPS) is 24.1. The Bertz CT molecular complexity index is 258. The summed E-state index contributed by atoms with van der Waals surface area (Å²) in [5.41, 5.74) is 5.94. The van der Waals surface area contributed by atoms with E-state index in [1.807, 2.05) is 11.8 Å². The second kappa shape index (κ2) is 7.89. The van der Waals surface area contributed by atoms with E-state index in [0.717, 1.165) is 13.1 Å². The molecule has 0 bridgehead atoms.